The molecule has 2 atom stereocenters. The second-order valence-electron chi connectivity index (χ2n) is 21.0. The van der Waals surface area contributed by atoms with Gasteiger partial charge in [-0.2, -0.15) is 52.7 Å². The van der Waals surface area contributed by atoms with Gasteiger partial charge < -0.3 is 33.5 Å². The molecule has 6 rings (SSSR count). The summed E-state index contributed by atoms with van der Waals surface area (Å²) in [5, 5.41) is 9.45. The highest BCUT2D eigenvalue weighted by molar-refractivity contribution is 5.70. The van der Waals surface area contributed by atoms with Crippen LogP contribution in [-0.2, 0) is 39.4 Å². The largest absolute Gasteiger partial charge is 0.489 e. The number of hydrogen-bond donors (Lipinski definition) is 1. The van der Waals surface area contributed by atoms with Gasteiger partial charge in [-0.25, -0.2) is 0 Å². The third-order valence-electron chi connectivity index (χ3n) is 15.9. The standard InChI is InChI=1S/C32H38F6O5.C30H34F6O4/c1-6-29(7-2,25-13-14-27(22(4)18-25)41-19-26-9-8-10-28(39)43-26)24-12-11-23(21(3)17-24)15-16-30(31(33,34)35,32(36,37)38)42-20-40-5;1-5-27(6-2,23-12-13-25(20(4)17-23)39-18-24-8-7-9-26(37)40-24)22-11-10-21(19(3)16-22)14-15-28(38,29(31,32)33)30(34,35)36/h11-18,26H,6-10,19-20H2,1-5H3;10-17,24,38H,5-9,18H2,1-4H3/b16-15+;15-14+/t26-;24-/m11/s1. The number of aliphatic hydroxyl groups is 1. The molecule has 0 amide bonds. The maximum atomic E-state index is 13.7. The van der Waals surface area contributed by atoms with Gasteiger partial charge in [-0.3, -0.25) is 9.59 Å². The molecule has 458 valence electrons. The lowest BCUT2D eigenvalue weighted by Crippen LogP contribution is -2.57. The number of carbonyl (C=O) groups excluding carboxylic acids is 2. The lowest BCUT2D eigenvalue weighted by atomic mass is 9.70. The lowest BCUT2D eigenvalue weighted by Gasteiger charge is -2.35. The van der Waals surface area contributed by atoms with E-state index in [1.165, 1.54) is 12.1 Å². The first kappa shape index (κ1) is 67.7. The van der Waals surface area contributed by atoms with E-state index in [9.17, 15) is 67.4 Å². The van der Waals surface area contributed by atoms with E-state index in [-0.39, 0.29) is 60.6 Å². The van der Waals surface area contributed by atoms with Crippen LogP contribution in [0.5, 0.6) is 11.5 Å². The highest BCUT2D eigenvalue weighted by Crippen LogP contribution is 2.49. The summed E-state index contributed by atoms with van der Waals surface area (Å²) < 4.78 is 192. The van der Waals surface area contributed by atoms with Gasteiger partial charge in [0.15, 0.2) is 0 Å². The molecule has 83 heavy (non-hydrogen) atoms. The maximum absolute atomic E-state index is 13.7. The molecule has 9 nitrogen and oxygen atoms in total. The van der Waals surface area contributed by atoms with Crippen molar-refractivity contribution in [1.82, 2.24) is 0 Å². The number of cyclic esters (lactones) is 2. The average molecular weight is 1190 g/mol. The first-order valence-electron chi connectivity index (χ1n) is 27.3. The molecule has 0 unspecified atom stereocenters. The minimum atomic E-state index is -5.93. The molecule has 4 aromatic carbocycles. The van der Waals surface area contributed by atoms with Crippen molar-refractivity contribution in [3.05, 3.63) is 141 Å². The van der Waals surface area contributed by atoms with Crippen LogP contribution in [0.15, 0.2) is 84.9 Å². The van der Waals surface area contributed by atoms with E-state index in [4.69, 9.17) is 18.9 Å². The Bertz CT molecular complexity index is 2870. The molecule has 0 bridgehead atoms. The van der Waals surface area contributed by atoms with Crippen LogP contribution in [0.25, 0.3) is 12.2 Å². The minimum absolute atomic E-state index is 0.00271. The zero-order chi connectivity index (χ0) is 62.0. The monoisotopic (exact) mass is 1190 g/mol. The van der Waals surface area contributed by atoms with Crippen molar-refractivity contribution in [2.24, 2.45) is 0 Å². The van der Waals surface area contributed by atoms with Gasteiger partial charge in [0.2, 0.25) is 0 Å². The summed E-state index contributed by atoms with van der Waals surface area (Å²) in [6.45, 7) is 14.4. The number of methoxy groups -OCH3 is 1. The van der Waals surface area contributed by atoms with Gasteiger partial charge in [0, 0.05) is 30.8 Å². The number of rotatable bonds is 21. The molecule has 1 N–H and O–H groups in total. The Morgan fingerprint density at radius 1 is 0.518 bits per heavy atom. The van der Waals surface area contributed by atoms with E-state index in [2.05, 4.69) is 9.47 Å². The normalized spacial score (nSPS) is 17.1. The molecule has 0 aliphatic carbocycles. The topological polar surface area (TPSA) is 110 Å². The molecule has 0 saturated carbocycles. The van der Waals surface area contributed by atoms with Crippen LogP contribution < -0.4 is 9.47 Å². The Labute approximate surface area is 476 Å². The Morgan fingerprint density at radius 2 is 0.867 bits per heavy atom. The van der Waals surface area contributed by atoms with Gasteiger partial charge in [0.25, 0.3) is 11.2 Å². The van der Waals surface area contributed by atoms with Gasteiger partial charge in [-0.1, -0.05) is 101 Å². The molecule has 2 heterocycles. The Kier molecular flexibility index (Phi) is 22.3. The van der Waals surface area contributed by atoms with Crippen LogP contribution in [0.2, 0.25) is 0 Å². The molecule has 2 fully saturated rings. The fourth-order valence-electron chi connectivity index (χ4n) is 10.6. The average Bonchev–Trinajstić information content (AvgIpc) is 3.53. The fourth-order valence-corrected chi connectivity index (χ4v) is 10.6. The van der Waals surface area contributed by atoms with Crippen molar-refractivity contribution in [3.63, 3.8) is 0 Å². The number of carbonyl (C=O) groups is 2. The van der Waals surface area contributed by atoms with E-state index < -0.39 is 53.5 Å². The van der Waals surface area contributed by atoms with Crippen LogP contribution in [0.4, 0.5) is 52.7 Å². The summed E-state index contributed by atoms with van der Waals surface area (Å²) in [5.74, 6) is 0.872. The summed E-state index contributed by atoms with van der Waals surface area (Å²) in [6.07, 6.45) is -16.2. The van der Waals surface area contributed by atoms with Crippen molar-refractivity contribution in [2.75, 3.05) is 27.1 Å². The number of aryl methyl sites for hydroxylation is 4. The Hall–Kier alpha value is -6.06. The van der Waals surface area contributed by atoms with E-state index in [0.717, 1.165) is 72.2 Å². The van der Waals surface area contributed by atoms with Crippen LogP contribution >= 0.6 is 0 Å². The van der Waals surface area contributed by atoms with Crippen molar-refractivity contribution in [3.8, 4) is 11.5 Å². The highest BCUT2D eigenvalue weighted by Gasteiger charge is 2.71. The summed E-state index contributed by atoms with van der Waals surface area (Å²) in [7, 11) is 0.940. The van der Waals surface area contributed by atoms with Crippen LogP contribution in [-0.4, -0.2) is 92.3 Å². The maximum Gasteiger partial charge on any atom is 0.430 e. The molecular weight excluding hydrogens is 1120 g/mol. The molecule has 0 aromatic heterocycles. The molecule has 2 aliphatic heterocycles. The first-order valence-corrected chi connectivity index (χ1v) is 27.3. The molecule has 0 radical (unpaired) electrons. The van der Waals surface area contributed by atoms with Gasteiger partial charge in [-0.15, -0.1) is 0 Å². The van der Waals surface area contributed by atoms with Crippen LogP contribution in [0.3, 0.4) is 0 Å². The second-order valence-corrected chi connectivity index (χ2v) is 21.0. The number of alkyl halides is 12. The zero-order valence-electron chi connectivity index (χ0n) is 47.8. The fraction of sp³-hybridized carbons (Fsp3) is 0.516. The molecule has 0 spiro atoms. The van der Waals surface area contributed by atoms with Crippen LogP contribution in [0, 0.1) is 27.7 Å². The van der Waals surface area contributed by atoms with Crippen LogP contribution in [0.1, 0.15) is 148 Å². The molecule has 2 saturated heterocycles. The van der Waals surface area contributed by atoms with E-state index >= 15 is 0 Å². The van der Waals surface area contributed by atoms with Crippen molar-refractivity contribution in [2.45, 2.75) is 179 Å². The minimum Gasteiger partial charge on any atom is -0.489 e. The summed E-state index contributed by atoms with van der Waals surface area (Å²) in [6, 6.07) is 21.6. The SMILES string of the molecule is CCC(CC)(c1ccc(/C=C/C(O)(C(F)(F)F)C(F)(F)F)c(C)c1)c1ccc(OC[C@H]2CCCC(=O)O2)c(C)c1.CCC(CC)(c1ccc(/C=C/C(OCOC)(C(F)(F)F)C(F)(F)F)c(C)c1)c1ccc(OC[C@H]2CCCC(=O)O2)c(C)c1. The van der Waals surface area contributed by atoms with E-state index in [1.54, 1.807) is 38.1 Å². The van der Waals surface area contributed by atoms with E-state index in [1.807, 2.05) is 77.9 Å². The first-order chi connectivity index (χ1) is 38.7. The number of esters is 2. The number of halogens is 12. The Balaban J connectivity index is 0.000000305. The van der Waals surface area contributed by atoms with Gasteiger partial charge in [0.05, 0.1) is 0 Å². The third-order valence-corrected chi connectivity index (χ3v) is 15.9. The predicted molar refractivity (Wildman–Crippen MR) is 289 cm³/mol. The molecular formula is C62H72F12O9. The third kappa shape index (κ3) is 15.3. The highest BCUT2D eigenvalue weighted by atomic mass is 19.4. The summed E-state index contributed by atoms with van der Waals surface area (Å²) in [5.41, 5.74) is -3.69. The van der Waals surface area contributed by atoms with Gasteiger partial charge >= 0.3 is 36.6 Å². The molecule has 4 aromatic rings. The second kappa shape index (κ2) is 27.3. The number of hydrogen-bond acceptors (Lipinski definition) is 9. The van der Waals surface area contributed by atoms with Crippen molar-refractivity contribution < 1.29 is 95.8 Å². The quantitative estimate of drug-likeness (QED) is 0.0495. The number of benzene rings is 4. The summed E-state index contributed by atoms with van der Waals surface area (Å²) in [4.78, 5) is 23.1. The van der Waals surface area contributed by atoms with Crippen molar-refractivity contribution >= 4 is 24.1 Å². The Morgan fingerprint density at radius 3 is 1.17 bits per heavy atom. The smallest absolute Gasteiger partial charge is 0.430 e. The van der Waals surface area contributed by atoms with E-state index in [0.29, 0.717) is 67.2 Å². The zero-order valence-corrected chi connectivity index (χ0v) is 47.8. The predicted octanol–water partition coefficient (Wildman–Crippen LogP) is 16.1. The number of ether oxygens (including phenoxy) is 6. The molecule has 21 heteroatoms. The lowest BCUT2D eigenvalue weighted by molar-refractivity contribution is -0.372. The van der Waals surface area contributed by atoms with Crippen molar-refractivity contribution in [1.29, 1.82) is 0 Å². The summed E-state index contributed by atoms with van der Waals surface area (Å²) >= 11 is 0. The molecule has 2 aliphatic rings. The van der Waals surface area contributed by atoms with Gasteiger partial charge in [-0.05, 0) is 159 Å². The van der Waals surface area contributed by atoms with Gasteiger partial charge in [0.1, 0.15) is 43.7 Å².